The standard InChI is InChI=1S/C32H55N9O9/c1-2-3-4-5-6-7-8-9-10-14-21(44)39-29(38-19(32(48)49)13-11-12-15-33)30(47)40-22-24(45)25(46)31(50-26(22)20(43)16-42)41-28-23-27(35-17-34-23)36-18-37-28/h17-20,22,24-26,29,31,38,42-43,45-46H,2-16,33H2,1H3,(H,39,44)(H,40,47)(H,48,49)(H2,34,35,36,37,41)/t19-,20-,22+,24+,25+,26-,29?,31-/m0/s1. The van der Waals surface area contributed by atoms with E-state index in [9.17, 15) is 39.9 Å². The number of nitrogens with zero attached hydrogens (tertiary/aromatic N) is 3. The molecule has 0 spiro atoms. The van der Waals surface area contributed by atoms with Gasteiger partial charge in [-0.3, -0.25) is 19.7 Å². The number of anilines is 1. The lowest BCUT2D eigenvalue weighted by Crippen LogP contribution is -2.70. The van der Waals surface area contributed by atoms with Gasteiger partial charge < -0.3 is 56.9 Å². The third-order valence-electron chi connectivity index (χ3n) is 8.75. The number of carboxylic acid groups (broad SMARTS) is 1. The van der Waals surface area contributed by atoms with E-state index in [1.807, 2.05) is 0 Å². The van der Waals surface area contributed by atoms with Gasteiger partial charge in [0.15, 0.2) is 23.9 Å². The molecule has 1 unspecified atom stereocenters. The molecule has 0 bridgehead atoms. The van der Waals surface area contributed by atoms with Crippen molar-refractivity contribution in [1.82, 2.24) is 35.9 Å². The van der Waals surface area contributed by atoms with Gasteiger partial charge in [-0.05, 0) is 25.8 Å². The number of imidazole rings is 1. The van der Waals surface area contributed by atoms with Crippen molar-refractivity contribution in [3.05, 3.63) is 12.7 Å². The van der Waals surface area contributed by atoms with E-state index in [4.69, 9.17) is 10.5 Å². The van der Waals surface area contributed by atoms with Crippen LogP contribution in [0.1, 0.15) is 90.4 Å². The van der Waals surface area contributed by atoms with Crippen LogP contribution in [0.3, 0.4) is 0 Å². The average molecular weight is 710 g/mol. The number of carbonyl (C=O) groups excluding carboxylic acids is 2. The summed E-state index contributed by atoms with van der Waals surface area (Å²) in [6, 6.07) is -2.74. The first-order chi connectivity index (χ1) is 24.1. The molecule has 18 nitrogen and oxygen atoms in total. The summed E-state index contributed by atoms with van der Waals surface area (Å²) >= 11 is 0. The topological polar surface area (TPSA) is 290 Å². The fourth-order valence-electron chi connectivity index (χ4n) is 5.88. The number of H-pyrrole nitrogens is 1. The molecule has 0 saturated carbocycles. The first kappa shape index (κ1) is 40.9. The summed E-state index contributed by atoms with van der Waals surface area (Å²) < 4.78 is 5.87. The molecule has 8 atom stereocenters. The number of rotatable bonds is 24. The SMILES string of the molecule is CCCCCCCCCCCC(=O)NC(N[C@@H](CCCCN)C(=O)O)C(=O)N[C@@H]1[C@@H](O)[C@@H](O)[C@@H](Nc2ncnc3nc[nH]c23)O[C@H]1[C@@H](O)CO. The van der Waals surface area contributed by atoms with Gasteiger partial charge in [0.25, 0.3) is 5.91 Å². The second-order valence-corrected chi connectivity index (χ2v) is 12.7. The number of fused-ring (bicyclic) bond motifs is 1. The zero-order valence-electron chi connectivity index (χ0n) is 28.7. The Kier molecular flexibility index (Phi) is 17.7. The van der Waals surface area contributed by atoms with Crippen LogP contribution in [0.4, 0.5) is 5.82 Å². The van der Waals surface area contributed by atoms with Gasteiger partial charge in [0.05, 0.1) is 19.0 Å². The van der Waals surface area contributed by atoms with Crippen molar-refractivity contribution in [3.63, 3.8) is 0 Å². The molecular weight excluding hydrogens is 654 g/mol. The molecule has 3 rings (SSSR count). The van der Waals surface area contributed by atoms with Crippen molar-refractivity contribution in [3.8, 4) is 0 Å². The number of aliphatic carboxylic acids is 1. The summed E-state index contributed by atoms with van der Waals surface area (Å²) in [4.78, 5) is 53.8. The maximum atomic E-state index is 13.7. The maximum Gasteiger partial charge on any atom is 0.320 e. The van der Waals surface area contributed by atoms with Crippen molar-refractivity contribution < 1.29 is 44.7 Å². The number of hydrogen-bond acceptors (Lipinski definition) is 14. The van der Waals surface area contributed by atoms with Gasteiger partial charge >= 0.3 is 5.97 Å². The minimum absolute atomic E-state index is 0.103. The lowest BCUT2D eigenvalue weighted by molar-refractivity contribution is -0.204. The van der Waals surface area contributed by atoms with E-state index < -0.39 is 73.3 Å². The summed E-state index contributed by atoms with van der Waals surface area (Å²) in [5.74, 6) is -2.52. The molecule has 2 amide bonds. The van der Waals surface area contributed by atoms with Crippen molar-refractivity contribution >= 4 is 34.8 Å². The molecule has 2 aromatic heterocycles. The van der Waals surface area contributed by atoms with Gasteiger partial charge in [-0.1, -0.05) is 64.7 Å². The minimum Gasteiger partial charge on any atom is -0.480 e. The molecular formula is C32H55N9O9. The Morgan fingerprint density at radius 1 is 0.980 bits per heavy atom. The van der Waals surface area contributed by atoms with Crippen LogP contribution < -0.4 is 27.0 Å². The molecule has 1 saturated heterocycles. The second-order valence-electron chi connectivity index (χ2n) is 12.7. The van der Waals surface area contributed by atoms with Crippen LogP contribution in [0.2, 0.25) is 0 Å². The Labute approximate surface area is 291 Å². The first-order valence-electron chi connectivity index (χ1n) is 17.6. The quantitative estimate of drug-likeness (QED) is 0.0488. The zero-order chi connectivity index (χ0) is 36.5. The molecule has 1 aliphatic rings. The molecule has 1 aliphatic heterocycles. The number of carboxylic acids is 1. The lowest BCUT2D eigenvalue weighted by Gasteiger charge is -2.45. The Bertz CT molecular complexity index is 1320. The summed E-state index contributed by atoms with van der Waals surface area (Å²) in [5.41, 5.74) is 6.25. The second kappa shape index (κ2) is 21.6. The van der Waals surface area contributed by atoms with E-state index in [1.54, 1.807) is 0 Å². The van der Waals surface area contributed by atoms with E-state index in [-0.39, 0.29) is 18.7 Å². The number of ether oxygens (including phenoxy) is 1. The summed E-state index contributed by atoms with van der Waals surface area (Å²) in [6.45, 7) is 1.69. The van der Waals surface area contributed by atoms with Crippen molar-refractivity contribution in [2.45, 2.75) is 139 Å². The molecule has 18 heteroatoms. The molecule has 12 N–H and O–H groups in total. The number of aromatic amines is 1. The van der Waals surface area contributed by atoms with Crippen LogP contribution in [0.5, 0.6) is 0 Å². The van der Waals surface area contributed by atoms with Gasteiger partial charge in [-0.2, -0.15) is 0 Å². The Balaban J connectivity index is 1.71. The average Bonchev–Trinajstić information content (AvgIpc) is 3.59. The Morgan fingerprint density at radius 3 is 2.34 bits per heavy atom. The predicted molar refractivity (Wildman–Crippen MR) is 182 cm³/mol. The van der Waals surface area contributed by atoms with Crippen molar-refractivity contribution in [2.75, 3.05) is 18.5 Å². The molecule has 0 aromatic carbocycles. The number of nitrogens with two attached hydrogens (primary N) is 1. The van der Waals surface area contributed by atoms with Crippen molar-refractivity contribution in [2.24, 2.45) is 5.73 Å². The highest BCUT2D eigenvalue weighted by atomic mass is 16.5. The molecule has 1 fully saturated rings. The fourth-order valence-corrected chi connectivity index (χ4v) is 5.88. The highest BCUT2D eigenvalue weighted by molar-refractivity contribution is 5.88. The van der Waals surface area contributed by atoms with E-state index in [1.165, 1.54) is 38.3 Å². The van der Waals surface area contributed by atoms with Gasteiger partial charge in [-0.15, -0.1) is 0 Å². The molecule has 0 radical (unpaired) electrons. The van der Waals surface area contributed by atoms with E-state index in [0.29, 0.717) is 37.0 Å². The van der Waals surface area contributed by atoms with E-state index in [2.05, 4.69) is 48.1 Å². The van der Waals surface area contributed by atoms with E-state index >= 15 is 0 Å². The van der Waals surface area contributed by atoms with Crippen LogP contribution in [0.15, 0.2) is 12.7 Å². The number of nitrogens with one attached hydrogen (secondary N) is 5. The van der Waals surface area contributed by atoms with Crippen molar-refractivity contribution in [1.29, 1.82) is 0 Å². The molecule has 282 valence electrons. The van der Waals surface area contributed by atoms with Crippen LogP contribution in [0.25, 0.3) is 11.2 Å². The van der Waals surface area contributed by atoms with Gasteiger partial charge in [0, 0.05) is 6.42 Å². The lowest BCUT2D eigenvalue weighted by atomic mass is 9.92. The minimum atomic E-state index is -1.77. The third-order valence-corrected chi connectivity index (χ3v) is 8.75. The monoisotopic (exact) mass is 709 g/mol. The Hall–Kier alpha value is -3.52. The highest BCUT2D eigenvalue weighted by Gasteiger charge is 2.48. The van der Waals surface area contributed by atoms with Crippen LogP contribution in [-0.4, -0.2) is 125 Å². The van der Waals surface area contributed by atoms with Gasteiger partial charge in [-0.25, -0.2) is 15.0 Å². The number of hydrogen-bond donors (Lipinski definition) is 11. The van der Waals surface area contributed by atoms with Gasteiger partial charge in [0.1, 0.15) is 42.3 Å². The molecule has 0 aliphatic carbocycles. The smallest absolute Gasteiger partial charge is 0.320 e. The van der Waals surface area contributed by atoms with E-state index in [0.717, 1.165) is 25.7 Å². The summed E-state index contributed by atoms with van der Waals surface area (Å²) in [5, 5.41) is 63.1. The normalized spacial score (nSPS) is 22.5. The summed E-state index contributed by atoms with van der Waals surface area (Å²) in [6.07, 6.45) is 3.68. The summed E-state index contributed by atoms with van der Waals surface area (Å²) in [7, 11) is 0. The number of aromatic nitrogens is 4. The fraction of sp³-hybridized carbons (Fsp3) is 0.750. The predicted octanol–water partition coefficient (Wildman–Crippen LogP) is -0.415. The highest BCUT2D eigenvalue weighted by Crippen LogP contribution is 2.26. The molecule has 3 heterocycles. The number of unbranched alkanes of at least 4 members (excludes halogenated alkanes) is 9. The third kappa shape index (κ3) is 12.4. The number of aliphatic hydroxyl groups is 4. The zero-order valence-corrected chi connectivity index (χ0v) is 28.7. The molecule has 50 heavy (non-hydrogen) atoms. The number of carbonyl (C=O) groups is 3. The Morgan fingerprint density at radius 2 is 1.68 bits per heavy atom. The molecule has 2 aromatic rings. The largest absolute Gasteiger partial charge is 0.480 e. The van der Waals surface area contributed by atoms with Crippen LogP contribution in [-0.2, 0) is 19.1 Å². The number of amides is 2. The van der Waals surface area contributed by atoms with Gasteiger partial charge in [0.2, 0.25) is 5.91 Å². The maximum absolute atomic E-state index is 13.7. The number of aliphatic hydroxyl groups excluding tert-OH is 4. The van der Waals surface area contributed by atoms with Crippen LogP contribution >= 0.6 is 0 Å². The first-order valence-corrected chi connectivity index (χ1v) is 17.6. The van der Waals surface area contributed by atoms with Crippen LogP contribution in [0, 0.1) is 0 Å².